The number of esters is 1. The molecule has 0 amide bonds. The highest BCUT2D eigenvalue weighted by Crippen LogP contribution is 2.36. The Labute approximate surface area is 161 Å². The number of nitrogens with zero attached hydrogens (tertiary/aromatic N) is 1. The fraction of sp³-hybridized carbons (Fsp3) is 0.381. The van der Waals surface area contributed by atoms with Gasteiger partial charge in [-0.3, -0.25) is 9.69 Å². The van der Waals surface area contributed by atoms with Crippen LogP contribution in [0.4, 0.5) is 13.2 Å². The molecule has 0 N–H and O–H groups in total. The van der Waals surface area contributed by atoms with Gasteiger partial charge in [0.2, 0.25) is 0 Å². The number of likely N-dealkylation sites (tertiary alicyclic amines) is 1. The number of benzene rings is 2. The summed E-state index contributed by atoms with van der Waals surface area (Å²) in [5, 5.41) is 0. The van der Waals surface area contributed by atoms with Gasteiger partial charge >= 0.3 is 12.3 Å². The predicted octanol–water partition coefficient (Wildman–Crippen LogP) is 4.36. The van der Waals surface area contributed by atoms with Crippen molar-refractivity contribution in [1.82, 2.24) is 4.90 Å². The van der Waals surface area contributed by atoms with Gasteiger partial charge in [-0.2, -0.15) is 0 Å². The molecule has 28 heavy (non-hydrogen) atoms. The molecule has 2 unspecified atom stereocenters. The summed E-state index contributed by atoms with van der Waals surface area (Å²) >= 11 is 0. The Kier molecular flexibility index (Phi) is 6.24. The first-order chi connectivity index (χ1) is 13.4. The number of carbonyl (C=O) groups is 1. The quantitative estimate of drug-likeness (QED) is 0.684. The molecule has 1 aliphatic rings. The fourth-order valence-electron chi connectivity index (χ4n) is 3.62. The monoisotopic (exact) mass is 393 g/mol. The average molecular weight is 393 g/mol. The summed E-state index contributed by atoms with van der Waals surface area (Å²) < 4.78 is 46.9. The molecule has 1 heterocycles. The van der Waals surface area contributed by atoms with Crippen molar-refractivity contribution in [2.24, 2.45) is 5.92 Å². The molecule has 1 aliphatic heterocycles. The third kappa shape index (κ3) is 5.25. The highest BCUT2D eigenvalue weighted by atomic mass is 19.4. The van der Waals surface area contributed by atoms with Gasteiger partial charge in [0, 0.05) is 25.6 Å². The van der Waals surface area contributed by atoms with E-state index in [9.17, 15) is 18.0 Å². The maximum absolute atomic E-state index is 12.6. The zero-order valence-corrected chi connectivity index (χ0v) is 15.5. The van der Waals surface area contributed by atoms with Crippen LogP contribution in [0.5, 0.6) is 5.75 Å². The van der Waals surface area contributed by atoms with Crippen LogP contribution in [0.2, 0.25) is 0 Å². The van der Waals surface area contributed by atoms with Crippen LogP contribution < -0.4 is 4.74 Å². The molecule has 2 aromatic rings. The molecule has 0 radical (unpaired) electrons. The van der Waals surface area contributed by atoms with Gasteiger partial charge in [0.25, 0.3) is 0 Å². The van der Waals surface area contributed by atoms with Crippen LogP contribution in [0.25, 0.3) is 0 Å². The summed E-state index contributed by atoms with van der Waals surface area (Å²) in [5.74, 6) is -1.32. The van der Waals surface area contributed by atoms with E-state index in [-0.39, 0.29) is 24.2 Å². The second-order valence-electron chi connectivity index (χ2n) is 6.77. The summed E-state index contributed by atoms with van der Waals surface area (Å²) in [6.07, 6.45) is -4.76. The fourth-order valence-corrected chi connectivity index (χ4v) is 3.62. The summed E-state index contributed by atoms with van der Waals surface area (Å²) in [6, 6.07) is 15.7. The largest absolute Gasteiger partial charge is 0.573 e. The maximum Gasteiger partial charge on any atom is 0.573 e. The number of alkyl halides is 3. The lowest BCUT2D eigenvalue weighted by Crippen LogP contribution is -2.25. The first-order valence-electron chi connectivity index (χ1n) is 9.14. The van der Waals surface area contributed by atoms with Gasteiger partial charge in [-0.25, -0.2) is 0 Å². The van der Waals surface area contributed by atoms with Crippen LogP contribution in [-0.2, 0) is 16.1 Å². The van der Waals surface area contributed by atoms with Crippen molar-refractivity contribution in [3.63, 3.8) is 0 Å². The molecular formula is C21H22F3NO3. The molecule has 7 heteroatoms. The van der Waals surface area contributed by atoms with E-state index >= 15 is 0 Å². The molecule has 150 valence electrons. The maximum atomic E-state index is 12.6. The average Bonchev–Trinajstić information content (AvgIpc) is 3.05. The molecule has 0 aliphatic carbocycles. The SMILES string of the molecule is CCOC(=O)C1CN(Cc2ccccc2)CC1c1cccc(OC(F)(F)F)c1. The molecule has 0 bridgehead atoms. The summed E-state index contributed by atoms with van der Waals surface area (Å²) in [6.45, 7) is 3.70. The molecule has 3 rings (SSSR count). The van der Waals surface area contributed by atoms with Crippen LogP contribution in [0.15, 0.2) is 54.6 Å². The topological polar surface area (TPSA) is 38.8 Å². The molecular weight excluding hydrogens is 371 g/mol. The normalized spacial score (nSPS) is 20.1. The minimum Gasteiger partial charge on any atom is -0.466 e. The molecule has 1 fully saturated rings. The van der Waals surface area contributed by atoms with Gasteiger partial charge in [-0.1, -0.05) is 42.5 Å². The van der Waals surface area contributed by atoms with E-state index < -0.39 is 12.3 Å². The molecule has 1 saturated heterocycles. The van der Waals surface area contributed by atoms with E-state index in [1.54, 1.807) is 13.0 Å². The van der Waals surface area contributed by atoms with Gasteiger partial charge in [0.05, 0.1) is 12.5 Å². The number of hydrogen-bond donors (Lipinski definition) is 0. The number of halogens is 3. The zero-order chi connectivity index (χ0) is 20.1. The van der Waals surface area contributed by atoms with E-state index in [1.165, 1.54) is 18.2 Å². The van der Waals surface area contributed by atoms with E-state index in [2.05, 4.69) is 9.64 Å². The van der Waals surface area contributed by atoms with E-state index in [4.69, 9.17) is 4.74 Å². The van der Waals surface area contributed by atoms with Crippen molar-refractivity contribution in [3.8, 4) is 5.75 Å². The molecule has 4 nitrogen and oxygen atoms in total. The minimum absolute atomic E-state index is 0.262. The Bertz CT molecular complexity index is 795. The first-order valence-corrected chi connectivity index (χ1v) is 9.14. The Balaban J connectivity index is 1.81. The van der Waals surface area contributed by atoms with E-state index in [1.807, 2.05) is 30.3 Å². The van der Waals surface area contributed by atoms with Crippen LogP contribution >= 0.6 is 0 Å². The first kappa shape index (κ1) is 20.2. The van der Waals surface area contributed by atoms with Crippen molar-refractivity contribution in [1.29, 1.82) is 0 Å². The Hall–Kier alpha value is -2.54. The smallest absolute Gasteiger partial charge is 0.466 e. The molecule has 2 atom stereocenters. The molecule has 0 saturated carbocycles. The number of rotatable bonds is 6. The van der Waals surface area contributed by atoms with E-state index in [0.29, 0.717) is 25.2 Å². The lowest BCUT2D eigenvalue weighted by atomic mass is 9.89. The van der Waals surface area contributed by atoms with Crippen molar-refractivity contribution >= 4 is 5.97 Å². The second kappa shape index (κ2) is 8.65. The third-order valence-corrected chi connectivity index (χ3v) is 4.75. The van der Waals surface area contributed by atoms with Crippen molar-refractivity contribution in [3.05, 3.63) is 65.7 Å². The molecule has 0 spiro atoms. The van der Waals surface area contributed by atoms with Gasteiger partial charge in [0.1, 0.15) is 5.75 Å². The summed E-state index contributed by atoms with van der Waals surface area (Å²) in [5.41, 5.74) is 1.75. The van der Waals surface area contributed by atoms with Gasteiger partial charge in [-0.05, 0) is 30.2 Å². The van der Waals surface area contributed by atoms with Crippen molar-refractivity contribution in [2.45, 2.75) is 25.7 Å². The van der Waals surface area contributed by atoms with Gasteiger partial charge in [-0.15, -0.1) is 13.2 Å². The zero-order valence-electron chi connectivity index (χ0n) is 15.5. The van der Waals surface area contributed by atoms with Gasteiger partial charge < -0.3 is 9.47 Å². The lowest BCUT2D eigenvalue weighted by molar-refractivity contribution is -0.274. The summed E-state index contributed by atoms with van der Waals surface area (Å²) in [4.78, 5) is 14.6. The van der Waals surface area contributed by atoms with Crippen LogP contribution in [0, 0.1) is 5.92 Å². The van der Waals surface area contributed by atoms with Crippen LogP contribution in [0.3, 0.4) is 0 Å². The number of ether oxygens (including phenoxy) is 2. The lowest BCUT2D eigenvalue weighted by Gasteiger charge is -2.18. The number of hydrogen-bond acceptors (Lipinski definition) is 4. The highest BCUT2D eigenvalue weighted by Gasteiger charge is 2.40. The Morgan fingerprint density at radius 2 is 1.86 bits per heavy atom. The molecule has 0 aromatic heterocycles. The minimum atomic E-state index is -4.76. The third-order valence-electron chi connectivity index (χ3n) is 4.75. The highest BCUT2D eigenvalue weighted by molar-refractivity contribution is 5.74. The Morgan fingerprint density at radius 3 is 2.54 bits per heavy atom. The van der Waals surface area contributed by atoms with Crippen LogP contribution in [0.1, 0.15) is 24.0 Å². The molecule has 2 aromatic carbocycles. The number of carbonyl (C=O) groups excluding carboxylic acids is 1. The summed E-state index contributed by atoms with van der Waals surface area (Å²) in [7, 11) is 0. The Morgan fingerprint density at radius 1 is 1.11 bits per heavy atom. The second-order valence-corrected chi connectivity index (χ2v) is 6.77. The van der Waals surface area contributed by atoms with Crippen LogP contribution in [-0.4, -0.2) is 36.9 Å². The predicted molar refractivity (Wildman–Crippen MR) is 97.7 cm³/mol. The van der Waals surface area contributed by atoms with Crippen molar-refractivity contribution in [2.75, 3.05) is 19.7 Å². The van der Waals surface area contributed by atoms with Gasteiger partial charge in [0.15, 0.2) is 0 Å². The van der Waals surface area contributed by atoms with E-state index in [0.717, 1.165) is 5.56 Å². The standard InChI is InChI=1S/C21H22F3NO3/c1-2-27-20(26)19-14-25(12-15-7-4-3-5-8-15)13-18(19)16-9-6-10-17(11-16)28-21(22,23)24/h3-11,18-19H,2,12-14H2,1H3. The van der Waals surface area contributed by atoms with Crippen molar-refractivity contribution < 1.29 is 27.4 Å².